The lowest BCUT2D eigenvalue weighted by Crippen LogP contribution is -2.41. The van der Waals surface area contributed by atoms with Crippen molar-refractivity contribution >= 4 is 23.3 Å². The Balaban J connectivity index is 3.15. The van der Waals surface area contributed by atoms with Crippen molar-refractivity contribution in [2.75, 3.05) is 25.7 Å². The largest absolute Gasteiger partial charge is 0.497 e. The van der Waals surface area contributed by atoms with Crippen molar-refractivity contribution in [1.82, 2.24) is 0 Å². The van der Waals surface area contributed by atoms with Crippen molar-refractivity contribution in [2.24, 2.45) is 0 Å². The van der Waals surface area contributed by atoms with Crippen LogP contribution in [0.15, 0.2) is 36.9 Å². The molecule has 0 heterocycles. The first-order chi connectivity index (χ1) is 10.6. The van der Waals surface area contributed by atoms with Gasteiger partial charge in [0.1, 0.15) is 5.75 Å². The second-order valence-electron chi connectivity index (χ2n) is 4.17. The summed E-state index contributed by atoms with van der Waals surface area (Å²) in [5.41, 5.74) is 8.73. The van der Waals surface area contributed by atoms with Crippen LogP contribution in [0.3, 0.4) is 0 Å². The van der Waals surface area contributed by atoms with Gasteiger partial charge in [-0.25, -0.2) is 4.79 Å². The molecular formula is C15H17N3O4. The smallest absolute Gasteiger partial charge is 0.463 e. The molecule has 0 aliphatic heterocycles. The molecule has 116 valence electrons. The monoisotopic (exact) mass is 303 g/mol. The van der Waals surface area contributed by atoms with Crippen LogP contribution < -0.4 is 9.64 Å². The van der Waals surface area contributed by atoms with Crippen molar-refractivity contribution in [1.29, 1.82) is 0 Å². The predicted octanol–water partition coefficient (Wildman–Crippen LogP) is 1.45. The number of amides is 1. The molecule has 0 unspecified atom stereocenters. The van der Waals surface area contributed by atoms with Gasteiger partial charge >= 0.3 is 17.6 Å². The Labute approximate surface area is 128 Å². The van der Waals surface area contributed by atoms with Gasteiger partial charge < -0.3 is 19.9 Å². The first-order valence-electron chi connectivity index (χ1n) is 6.46. The van der Waals surface area contributed by atoms with Gasteiger partial charge in [-0.15, -0.1) is 6.58 Å². The number of nitrogens with zero attached hydrogens (tertiary/aromatic N) is 3. The Hall–Kier alpha value is -2.92. The Morgan fingerprint density at radius 3 is 2.41 bits per heavy atom. The SMILES string of the molecule is C=CCCN(C(=O)C(=[N+]=[N-])C(=O)OC)c1ccc(OC)cc1. The molecule has 0 aliphatic rings. The quantitative estimate of drug-likeness (QED) is 0.190. The summed E-state index contributed by atoms with van der Waals surface area (Å²) in [6, 6.07) is 6.67. The van der Waals surface area contributed by atoms with E-state index >= 15 is 0 Å². The second-order valence-corrected chi connectivity index (χ2v) is 4.17. The standard InChI is InChI=1S/C15H17N3O4/c1-4-5-10-18(11-6-8-12(21-2)9-7-11)14(19)13(17-16)15(20)22-3/h4,6-9H,1,5,10H2,2-3H3. The fourth-order valence-electron chi connectivity index (χ4n) is 1.73. The summed E-state index contributed by atoms with van der Waals surface area (Å²) in [4.78, 5) is 27.9. The highest BCUT2D eigenvalue weighted by atomic mass is 16.5. The first-order valence-corrected chi connectivity index (χ1v) is 6.46. The van der Waals surface area contributed by atoms with Gasteiger partial charge in [0.05, 0.1) is 14.2 Å². The zero-order chi connectivity index (χ0) is 16.5. The number of rotatable bonds is 7. The maximum atomic E-state index is 12.4. The fraction of sp³-hybridized carbons (Fsp3) is 0.267. The van der Waals surface area contributed by atoms with E-state index in [1.807, 2.05) is 0 Å². The number of benzene rings is 1. The van der Waals surface area contributed by atoms with Crippen LogP contribution in [-0.4, -0.2) is 43.1 Å². The molecule has 0 saturated heterocycles. The number of ether oxygens (including phenoxy) is 2. The van der Waals surface area contributed by atoms with Crippen LogP contribution in [0.25, 0.3) is 5.53 Å². The average Bonchev–Trinajstić information content (AvgIpc) is 2.56. The molecule has 0 N–H and O–H groups in total. The number of carbonyl (C=O) groups excluding carboxylic acids is 2. The van der Waals surface area contributed by atoms with Crippen LogP contribution >= 0.6 is 0 Å². The molecule has 0 fully saturated rings. The van der Waals surface area contributed by atoms with E-state index < -0.39 is 17.6 Å². The maximum Gasteiger partial charge on any atom is 0.463 e. The summed E-state index contributed by atoms with van der Waals surface area (Å²) in [6.07, 6.45) is 2.13. The van der Waals surface area contributed by atoms with E-state index in [9.17, 15) is 9.59 Å². The lowest BCUT2D eigenvalue weighted by atomic mass is 10.2. The molecule has 0 atom stereocenters. The predicted molar refractivity (Wildman–Crippen MR) is 80.8 cm³/mol. The molecule has 1 rings (SSSR count). The summed E-state index contributed by atoms with van der Waals surface area (Å²) < 4.78 is 9.49. The summed E-state index contributed by atoms with van der Waals surface area (Å²) in [5, 5.41) is 0. The van der Waals surface area contributed by atoms with Gasteiger partial charge in [-0.05, 0) is 30.7 Å². The minimum atomic E-state index is -1.01. The van der Waals surface area contributed by atoms with E-state index in [0.29, 0.717) is 17.9 Å². The minimum absolute atomic E-state index is 0.269. The van der Waals surface area contributed by atoms with Crippen molar-refractivity contribution in [3.05, 3.63) is 42.5 Å². The molecule has 0 saturated carbocycles. The van der Waals surface area contributed by atoms with Gasteiger partial charge in [-0.3, -0.25) is 4.79 Å². The summed E-state index contributed by atoms with van der Waals surface area (Å²) >= 11 is 0. The van der Waals surface area contributed by atoms with Crippen molar-refractivity contribution in [3.63, 3.8) is 0 Å². The molecule has 0 aliphatic carbocycles. The van der Waals surface area contributed by atoms with Gasteiger partial charge in [-0.2, -0.15) is 4.79 Å². The molecule has 0 bridgehead atoms. The normalized spacial score (nSPS) is 9.36. The summed E-state index contributed by atoms with van der Waals surface area (Å²) in [7, 11) is 2.63. The van der Waals surface area contributed by atoms with E-state index in [-0.39, 0.29) is 6.54 Å². The van der Waals surface area contributed by atoms with Gasteiger partial charge in [0.2, 0.25) is 0 Å². The highest BCUT2D eigenvalue weighted by Gasteiger charge is 2.35. The van der Waals surface area contributed by atoms with Crippen LogP contribution in [0.1, 0.15) is 6.42 Å². The molecule has 1 aromatic carbocycles. The number of hydrogen-bond acceptors (Lipinski definition) is 4. The molecule has 1 aromatic rings. The number of carbonyl (C=O) groups is 2. The van der Waals surface area contributed by atoms with Crippen molar-refractivity contribution in [3.8, 4) is 5.75 Å². The Morgan fingerprint density at radius 1 is 1.32 bits per heavy atom. The van der Waals surface area contributed by atoms with E-state index in [0.717, 1.165) is 7.11 Å². The molecule has 0 radical (unpaired) electrons. The molecule has 7 nitrogen and oxygen atoms in total. The maximum absolute atomic E-state index is 12.4. The van der Waals surface area contributed by atoms with Crippen LogP contribution in [0.2, 0.25) is 0 Å². The van der Waals surface area contributed by atoms with Crippen LogP contribution in [0.4, 0.5) is 5.69 Å². The Morgan fingerprint density at radius 2 is 1.95 bits per heavy atom. The molecule has 1 amide bonds. The van der Waals surface area contributed by atoms with Crippen molar-refractivity contribution in [2.45, 2.75) is 6.42 Å². The van der Waals surface area contributed by atoms with E-state index in [1.165, 1.54) is 12.0 Å². The molecule has 7 heteroatoms. The zero-order valence-corrected chi connectivity index (χ0v) is 12.5. The number of anilines is 1. The molecule has 22 heavy (non-hydrogen) atoms. The van der Waals surface area contributed by atoms with Gasteiger partial charge in [-0.1, -0.05) is 6.08 Å². The third-order valence-corrected chi connectivity index (χ3v) is 2.87. The van der Waals surface area contributed by atoms with Crippen LogP contribution in [0, 0.1) is 0 Å². The second kappa shape index (κ2) is 8.39. The molecule has 0 aromatic heterocycles. The van der Waals surface area contributed by atoms with Crippen LogP contribution in [0.5, 0.6) is 5.75 Å². The molecular weight excluding hydrogens is 286 g/mol. The topological polar surface area (TPSA) is 92.2 Å². The van der Waals surface area contributed by atoms with Crippen LogP contribution in [-0.2, 0) is 14.3 Å². The number of hydrogen-bond donors (Lipinski definition) is 0. The van der Waals surface area contributed by atoms with E-state index in [1.54, 1.807) is 30.3 Å². The third-order valence-electron chi connectivity index (χ3n) is 2.87. The van der Waals surface area contributed by atoms with E-state index in [2.05, 4.69) is 16.1 Å². The highest BCUT2D eigenvalue weighted by molar-refractivity contribution is 6.64. The Bertz CT molecular complexity index is 604. The molecule has 0 spiro atoms. The lowest BCUT2D eigenvalue weighted by Gasteiger charge is -2.20. The average molecular weight is 303 g/mol. The summed E-state index contributed by atoms with van der Waals surface area (Å²) in [5.74, 6) is -1.14. The third kappa shape index (κ3) is 4.04. The van der Waals surface area contributed by atoms with Gasteiger partial charge in [0, 0.05) is 12.2 Å². The Kier molecular flexibility index (Phi) is 6.53. The number of methoxy groups -OCH3 is 2. The van der Waals surface area contributed by atoms with Gasteiger partial charge in [0.25, 0.3) is 0 Å². The lowest BCUT2D eigenvalue weighted by molar-refractivity contribution is -0.139. The van der Waals surface area contributed by atoms with Gasteiger partial charge in [0.15, 0.2) is 0 Å². The fourth-order valence-corrected chi connectivity index (χ4v) is 1.73. The zero-order valence-electron chi connectivity index (χ0n) is 12.5. The highest BCUT2D eigenvalue weighted by Crippen LogP contribution is 2.20. The van der Waals surface area contributed by atoms with Crippen molar-refractivity contribution < 1.29 is 23.9 Å². The first kappa shape index (κ1) is 17.1. The number of esters is 1. The van der Waals surface area contributed by atoms with E-state index in [4.69, 9.17) is 10.3 Å². The summed E-state index contributed by atoms with van der Waals surface area (Å²) in [6.45, 7) is 3.87. The minimum Gasteiger partial charge on any atom is -0.497 e.